The van der Waals surface area contributed by atoms with Crippen molar-refractivity contribution in [2.75, 3.05) is 0 Å². The van der Waals surface area contributed by atoms with Crippen molar-refractivity contribution in [1.82, 2.24) is 10.1 Å². The van der Waals surface area contributed by atoms with E-state index < -0.39 is 0 Å². The molecule has 0 saturated heterocycles. The van der Waals surface area contributed by atoms with E-state index in [1.54, 1.807) is 6.26 Å². The maximum Gasteiger partial charge on any atom is 0.127 e. The smallest absolute Gasteiger partial charge is 0.127 e. The van der Waals surface area contributed by atoms with Crippen LogP contribution in [0.3, 0.4) is 0 Å². The van der Waals surface area contributed by atoms with E-state index >= 15 is 0 Å². The van der Waals surface area contributed by atoms with Gasteiger partial charge >= 0.3 is 0 Å². The summed E-state index contributed by atoms with van der Waals surface area (Å²) in [5.41, 5.74) is 3.89. The molecule has 0 fully saturated rings. The van der Waals surface area contributed by atoms with Crippen LogP contribution in [0.5, 0.6) is 0 Å². The molecular weight excluding hydrogens is 304 g/mol. The minimum absolute atomic E-state index is 0.361. The zero-order valence-corrected chi connectivity index (χ0v) is 12.3. The average molecular weight is 317 g/mol. The maximum absolute atomic E-state index is 5.13. The van der Waals surface area contributed by atoms with Crippen LogP contribution in [-0.4, -0.2) is 10.1 Å². The van der Waals surface area contributed by atoms with Gasteiger partial charge in [0, 0.05) is 27.2 Å². The van der Waals surface area contributed by atoms with Crippen LogP contribution in [-0.2, 0) is 0 Å². The maximum atomic E-state index is 5.13. The van der Waals surface area contributed by atoms with Gasteiger partial charge in [0.1, 0.15) is 12.0 Å². The van der Waals surface area contributed by atoms with Gasteiger partial charge in [0.05, 0.1) is 5.52 Å². The van der Waals surface area contributed by atoms with E-state index in [4.69, 9.17) is 4.52 Å². The Hall–Kier alpha value is -1.68. The molecule has 2 aromatic heterocycles. The van der Waals surface area contributed by atoms with Crippen LogP contribution in [0.25, 0.3) is 22.2 Å². The van der Waals surface area contributed by atoms with E-state index in [0.717, 1.165) is 32.2 Å². The average Bonchev–Trinajstić information content (AvgIpc) is 2.89. The van der Waals surface area contributed by atoms with Crippen molar-refractivity contribution in [1.29, 1.82) is 0 Å². The van der Waals surface area contributed by atoms with Crippen molar-refractivity contribution < 1.29 is 4.52 Å². The van der Waals surface area contributed by atoms with Gasteiger partial charge < -0.3 is 4.52 Å². The largest absolute Gasteiger partial charge is 0.364 e. The highest BCUT2D eigenvalue weighted by molar-refractivity contribution is 9.10. The third-order valence-corrected chi connectivity index (χ3v) is 4.04. The standard InChI is InChI=1S/C15H13BrN2O/c1-9(2)12-8-19-18-15(12)11-7-17-13-6-4-3-5-10(13)14(11)16/h3-9H,1-2H3. The second-order valence-corrected chi connectivity index (χ2v) is 5.57. The Labute approximate surface area is 119 Å². The lowest BCUT2D eigenvalue weighted by molar-refractivity contribution is 0.420. The summed E-state index contributed by atoms with van der Waals surface area (Å²) in [5, 5.41) is 5.21. The fourth-order valence-electron chi connectivity index (χ4n) is 2.13. The predicted octanol–water partition coefficient (Wildman–Crippen LogP) is 4.78. The zero-order chi connectivity index (χ0) is 13.4. The van der Waals surface area contributed by atoms with E-state index in [0.29, 0.717) is 5.92 Å². The normalized spacial score (nSPS) is 11.4. The summed E-state index contributed by atoms with van der Waals surface area (Å²) in [7, 11) is 0. The number of aromatic nitrogens is 2. The van der Waals surface area contributed by atoms with E-state index in [2.05, 4.69) is 39.9 Å². The number of halogens is 1. The second-order valence-electron chi connectivity index (χ2n) is 4.78. The monoisotopic (exact) mass is 316 g/mol. The van der Waals surface area contributed by atoms with Crippen molar-refractivity contribution in [3.05, 3.63) is 46.8 Å². The molecule has 0 bridgehead atoms. The minimum Gasteiger partial charge on any atom is -0.364 e. The molecule has 0 radical (unpaired) electrons. The Kier molecular flexibility index (Phi) is 3.11. The van der Waals surface area contributed by atoms with E-state index in [1.807, 2.05) is 30.5 Å². The number of fused-ring (bicyclic) bond motifs is 1. The van der Waals surface area contributed by atoms with Crippen LogP contribution >= 0.6 is 15.9 Å². The van der Waals surface area contributed by atoms with Crippen LogP contribution < -0.4 is 0 Å². The van der Waals surface area contributed by atoms with Gasteiger partial charge in [-0.1, -0.05) is 37.2 Å². The SMILES string of the molecule is CC(C)c1conc1-c1cnc2ccccc2c1Br. The van der Waals surface area contributed by atoms with Crippen molar-refractivity contribution in [2.45, 2.75) is 19.8 Å². The zero-order valence-electron chi connectivity index (χ0n) is 10.7. The van der Waals surface area contributed by atoms with Crippen molar-refractivity contribution >= 4 is 26.8 Å². The molecule has 19 heavy (non-hydrogen) atoms. The number of nitrogens with zero attached hydrogens (tertiary/aromatic N) is 2. The highest BCUT2D eigenvalue weighted by atomic mass is 79.9. The number of rotatable bonds is 2. The molecular formula is C15H13BrN2O. The van der Waals surface area contributed by atoms with Gasteiger partial charge in [0.2, 0.25) is 0 Å². The first kappa shape index (κ1) is 12.4. The molecule has 3 aromatic rings. The number of pyridine rings is 1. The van der Waals surface area contributed by atoms with E-state index in [1.165, 1.54) is 0 Å². The Balaban J connectivity index is 2.26. The van der Waals surface area contributed by atoms with Crippen molar-refractivity contribution in [2.24, 2.45) is 0 Å². The lowest BCUT2D eigenvalue weighted by Crippen LogP contribution is -1.92. The van der Waals surface area contributed by atoms with Crippen LogP contribution in [0.15, 0.2) is 45.7 Å². The molecule has 0 amide bonds. The molecule has 0 aliphatic heterocycles. The molecule has 0 aliphatic rings. The number of hydrogen-bond donors (Lipinski definition) is 0. The molecule has 0 spiro atoms. The van der Waals surface area contributed by atoms with Crippen LogP contribution in [0.1, 0.15) is 25.3 Å². The Bertz CT molecular complexity index is 734. The molecule has 2 heterocycles. The molecule has 3 rings (SSSR count). The third kappa shape index (κ3) is 2.06. The number of para-hydroxylation sites is 1. The van der Waals surface area contributed by atoms with Gasteiger partial charge in [-0.05, 0) is 27.9 Å². The molecule has 4 heteroatoms. The number of hydrogen-bond acceptors (Lipinski definition) is 3. The molecule has 96 valence electrons. The first-order valence-electron chi connectivity index (χ1n) is 6.16. The van der Waals surface area contributed by atoms with Crippen molar-refractivity contribution in [3.63, 3.8) is 0 Å². The quantitative estimate of drug-likeness (QED) is 0.683. The lowest BCUT2D eigenvalue weighted by atomic mass is 10.00. The molecule has 3 nitrogen and oxygen atoms in total. The molecule has 0 unspecified atom stereocenters. The van der Waals surface area contributed by atoms with Crippen LogP contribution in [0.2, 0.25) is 0 Å². The van der Waals surface area contributed by atoms with Gasteiger partial charge in [0.25, 0.3) is 0 Å². The van der Waals surface area contributed by atoms with E-state index in [-0.39, 0.29) is 0 Å². The highest BCUT2D eigenvalue weighted by Gasteiger charge is 2.17. The summed E-state index contributed by atoms with van der Waals surface area (Å²) in [6.07, 6.45) is 3.55. The lowest BCUT2D eigenvalue weighted by Gasteiger charge is -2.08. The molecule has 0 aliphatic carbocycles. The second kappa shape index (κ2) is 4.78. The summed E-state index contributed by atoms with van der Waals surface area (Å²) in [4.78, 5) is 4.49. The molecule has 0 N–H and O–H groups in total. The van der Waals surface area contributed by atoms with E-state index in [9.17, 15) is 0 Å². The summed E-state index contributed by atoms with van der Waals surface area (Å²) in [5.74, 6) is 0.361. The first-order chi connectivity index (χ1) is 9.18. The summed E-state index contributed by atoms with van der Waals surface area (Å²) in [6, 6.07) is 8.03. The Morgan fingerprint density at radius 1 is 1.21 bits per heavy atom. The predicted molar refractivity (Wildman–Crippen MR) is 79.0 cm³/mol. The topological polar surface area (TPSA) is 38.9 Å². The Morgan fingerprint density at radius 2 is 2.00 bits per heavy atom. The minimum atomic E-state index is 0.361. The summed E-state index contributed by atoms with van der Waals surface area (Å²) < 4.78 is 6.14. The van der Waals surface area contributed by atoms with Gasteiger partial charge in [-0.2, -0.15) is 0 Å². The van der Waals surface area contributed by atoms with Crippen molar-refractivity contribution in [3.8, 4) is 11.3 Å². The molecule has 0 saturated carbocycles. The van der Waals surface area contributed by atoms with Gasteiger partial charge in [-0.15, -0.1) is 0 Å². The molecule has 0 atom stereocenters. The van der Waals surface area contributed by atoms with Gasteiger partial charge in [-0.3, -0.25) is 4.98 Å². The fraction of sp³-hybridized carbons (Fsp3) is 0.200. The Morgan fingerprint density at radius 3 is 2.79 bits per heavy atom. The fourth-order valence-corrected chi connectivity index (χ4v) is 2.76. The number of benzene rings is 1. The van der Waals surface area contributed by atoms with Gasteiger partial charge in [0.15, 0.2) is 0 Å². The third-order valence-electron chi connectivity index (χ3n) is 3.18. The van der Waals surface area contributed by atoms with Crippen LogP contribution in [0.4, 0.5) is 0 Å². The van der Waals surface area contributed by atoms with Gasteiger partial charge in [-0.25, -0.2) is 0 Å². The highest BCUT2D eigenvalue weighted by Crippen LogP contribution is 2.36. The first-order valence-corrected chi connectivity index (χ1v) is 6.95. The summed E-state index contributed by atoms with van der Waals surface area (Å²) in [6.45, 7) is 4.25. The summed E-state index contributed by atoms with van der Waals surface area (Å²) >= 11 is 3.66. The van der Waals surface area contributed by atoms with Crippen LogP contribution in [0, 0.1) is 0 Å². The molecule has 1 aromatic carbocycles.